The molecule has 2 aromatic heterocycles. The van der Waals surface area contributed by atoms with Gasteiger partial charge < -0.3 is 10.1 Å². The van der Waals surface area contributed by atoms with Crippen molar-refractivity contribution in [3.8, 4) is 17.1 Å². The van der Waals surface area contributed by atoms with E-state index < -0.39 is 21.9 Å². The van der Waals surface area contributed by atoms with Gasteiger partial charge in [-0.1, -0.05) is 12.1 Å². The number of tetrazole rings is 1. The molecule has 0 atom stereocenters. The number of methoxy groups -OCH3 is 1. The van der Waals surface area contributed by atoms with Crippen LogP contribution in [0.5, 0.6) is 5.75 Å². The van der Waals surface area contributed by atoms with E-state index >= 15 is 0 Å². The zero-order valence-corrected chi connectivity index (χ0v) is 19.7. The van der Waals surface area contributed by atoms with E-state index in [1.165, 1.54) is 42.2 Å². The average Bonchev–Trinajstić information content (AvgIpc) is 3.20. The molecular weight excluding hydrogens is 499 g/mol. The normalized spacial score (nSPS) is 13.4. The van der Waals surface area contributed by atoms with E-state index in [2.05, 4.69) is 25.7 Å². The first-order chi connectivity index (χ1) is 17.1. The van der Waals surface area contributed by atoms with Crippen LogP contribution in [0.25, 0.3) is 11.4 Å². The first-order valence-electron chi connectivity index (χ1n) is 10.5. The highest BCUT2D eigenvalue weighted by Crippen LogP contribution is 2.44. The number of pyridine rings is 1. The molecule has 0 saturated heterocycles. The lowest BCUT2D eigenvalue weighted by Gasteiger charge is -2.26. The van der Waals surface area contributed by atoms with Gasteiger partial charge in [0.25, 0.3) is 10.0 Å². The number of rotatable bonds is 4. The van der Waals surface area contributed by atoms with E-state index in [0.717, 1.165) is 10.4 Å². The fourth-order valence-corrected chi connectivity index (χ4v) is 5.29. The van der Waals surface area contributed by atoms with Gasteiger partial charge >= 0.3 is 6.18 Å². The molecule has 1 aliphatic rings. The molecule has 0 radical (unpaired) electrons. The third-order valence-electron chi connectivity index (χ3n) is 5.52. The number of fused-ring (bicyclic) bond motifs is 2. The van der Waals surface area contributed by atoms with Crippen molar-refractivity contribution in [3.63, 3.8) is 0 Å². The van der Waals surface area contributed by atoms with Crippen LogP contribution in [-0.2, 0) is 29.8 Å². The van der Waals surface area contributed by atoms with E-state index in [1.807, 2.05) is 0 Å². The van der Waals surface area contributed by atoms with E-state index in [-0.39, 0.29) is 40.0 Å². The van der Waals surface area contributed by atoms with Gasteiger partial charge in [0, 0.05) is 11.1 Å². The third kappa shape index (κ3) is 4.08. The van der Waals surface area contributed by atoms with Crippen molar-refractivity contribution in [2.24, 2.45) is 7.05 Å². The molecule has 0 saturated carbocycles. The van der Waals surface area contributed by atoms with Crippen LogP contribution in [-0.4, -0.2) is 40.7 Å². The molecular formula is C22H18F3N7O3S. The summed E-state index contributed by atoms with van der Waals surface area (Å²) in [4.78, 5) is 4.91. The molecule has 0 spiro atoms. The van der Waals surface area contributed by atoms with Gasteiger partial charge in [-0.2, -0.15) is 18.0 Å². The van der Waals surface area contributed by atoms with Gasteiger partial charge in [-0.15, -0.1) is 10.2 Å². The van der Waals surface area contributed by atoms with Crippen molar-refractivity contribution in [2.45, 2.75) is 17.6 Å². The Labute approximate surface area is 203 Å². The van der Waals surface area contributed by atoms with E-state index in [0.29, 0.717) is 11.3 Å². The van der Waals surface area contributed by atoms with Crippen molar-refractivity contribution in [3.05, 3.63) is 65.9 Å². The summed E-state index contributed by atoms with van der Waals surface area (Å²) in [6.07, 6.45) is -4.67. The van der Waals surface area contributed by atoms with Crippen molar-refractivity contribution in [1.82, 2.24) is 25.2 Å². The number of hydrogen-bond donors (Lipinski definition) is 1. The monoisotopic (exact) mass is 517 g/mol. The van der Waals surface area contributed by atoms with Crippen LogP contribution in [0, 0.1) is 0 Å². The molecule has 0 aliphatic carbocycles. The quantitative estimate of drug-likeness (QED) is 0.435. The topological polar surface area (TPSA) is 115 Å². The van der Waals surface area contributed by atoms with Crippen molar-refractivity contribution < 1.29 is 26.3 Å². The zero-order chi connectivity index (χ0) is 25.7. The molecule has 0 unspecified atom stereocenters. The molecule has 5 rings (SSSR count). The lowest BCUT2D eigenvalue weighted by molar-refractivity contribution is -0.141. The molecule has 4 aromatic rings. The number of alkyl halides is 3. The molecule has 2 aromatic carbocycles. The highest BCUT2D eigenvalue weighted by atomic mass is 32.2. The van der Waals surface area contributed by atoms with Crippen molar-refractivity contribution in [2.75, 3.05) is 16.7 Å². The summed E-state index contributed by atoms with van der Waals surface area (Å²) in [6.45, 7) is -0.299. The molecule has 10 nitrogen and oxygen atoms in total. The Balaban J connectivity index is 1.74. The average molecular weight is 517 g/mol. The minimum absolute atomic E-state index is 0.0421. The van der Waals surface area contributed by atoms with Gasteiger partial charge in [0.05, 0.1) is 37.0 Å². The summed E-state index contributed by atoms with van der Waals surface area (Å²) < 4.78 is 74.1. The Morgan fingerprint density at radius 3 is 2.44 bits per heavy atom. The number of nitrogens with one attached hydrogen (secondary N) is 1. The van der Waals surface area contributed by atoms with Crippen LogP contribution in [0.1, 0.15) is 11.3 Å². The summed E-state index contributed by atoms with van der Waals surface area (Å²) >= 11 is 0. The standard InChI is InChI=1S/C22H18F3N7O3S/c1-31-29-21(28-30-31)16-4-3-5-17-19(16)32(36(33,34)15-9-7-14(35-2)8-10-15)12-13-6-11-18(22(23,24)25)27-20(13)26-17/h3-11H,12H2,1-2H3,(H,26,27). The predicted molar refractivity (Wildman–Crippen MR) is 123 cm³/mol. The Morgan fingerprint density at radius 2 is 1.81 bits per heavy atom. The SMILES string of the molecule is COc1ccc(S(=O)(=O)N2Cc3ccc(C(F)(F)F)nc3Nc3cccc(-c4nnn(C)n4)c32)cc1. The maximum absolute atomic E-state index is 13.9. The number of benzene rings is 2. The molecule has 36 heavy (non-hydrogen) atoms. The number of ether oxygens (including phenoxy) is 1. The first kappa shape index (κ1) is 23.5. The maximum atomic E-state index is 13.9. The van der Waals surface area contributed by atoms with Gasteiger partial charge in [0.1, 0.15) is 17.3 Å². The molecule has 3 heterocycles. The first-order valence-corrected chi connectivity index (χ1v) is 11.9. The number of nitrogens with zero attached hydrogens (tertiary/aromatic N) is 6. The largest absolute Gasteiger partial charge is 0.497 e. The van der Waals surface area contributed by atoms with Crippen LogP contribution in [0.4, 0.5) is 30.4 Å². The molecule has 1 N–H and O–H groups in total. The summed E-state index contributed by atoms with van der Waals surface area (Å²) in [7, 11) is -1.21. The highest BCUT2D eigenvalue weighted by Gasteiger charge is 2.36. The molecule has 14 heteroatoms. The summed E-state index contributed by atoms with van der Waals surface area (Å²) in [5.41, 5.74) is -0.188. The molecule has 0 fully saturated rings. The highest BCUT2D eigenvalue weighted by molar-refractivity contribution is 7.92. The zero-order valence-electron chi connectivity index (χ0n) is 18.9. The Morgan fingerprint density at radius 1 is 1.06 bits per heavy atom. The van der Waals surface area contributed by atoms with Gasteiger partial charge in [-0.3, -0.25) is 4.31 Å². The van der Waals surface area contributed by atoms with Gasteiger partial charge in [0.2, 0.25) is 5.82 Å². The minimum atomic E-state index is -4.67. The number of sulfonamides is 1. The van der Waals surface area contributed by atoms with Gasteiger partial charge in [0.15, 0.2) is 0 Å². The molecule has 186 valence electrons. The van der Waals surface area contributed by atoms with Crippen LogP contribution >= 0.6 is 0 Å². The van der Waals surface area contributed by atoms with Gasteiger partial charge in [-0.25, -0.2) is 13.4 Å². The number of anilines is 3. The number of para-hydroxylation sites is 1. The van der Waals surface area contributed by atoms with E-state index in [4.69, 9.17) is 4.74 Å². The number of hydrogen-bond acceptors (Lipinski definition) is 8. The predicted octanol–water partition coefficient (Wildman–Crippen LogP) is 3.75. The fourth-order valence-electron chi connectivity index (χ4n) is 3.81. The third-order valence-corrected chi connectivity index (χ3v) is 7.28. The summed E-state index contributed by atoms with van der Waals surface area (Å²) in [6, 6.07) is 12.6. The van der Waals surface area contributed by atoms with E-state index in [9.17, 15) is 21.6 Å². The molecule has 1 aliphatic heterocycles. The fraction of sp³-hybridized carbons (Fsp3) is 0.182. The molecule has 0 bridgehead atoms. The Kier molecular flexibility index (Phi) is 5.54. The van der Waals surface area contributed by atoms with Crippen LogP contribution in [0.15, 0.2) is 59.5 Å². The lowest BCUT2D eigenvalue weighted by atomic mass is 10.1. The minimum Gasteiger partial charge on any atom is -0.497 e. The van der Waals surface area contributed by atoms with Crippen LogP contribution in [0.2, 0.25) is 0 Å². The second-order valence-electron chi connectivity index (χ2n) is 7.82. The lowest BCUT2D eigenvalue weighted by Crippen LogP contribution is -2.30. The second kappa shape index (κ2) is 8.48. The maximum Gasteiger partial charge on any atom is 0.433 e. The number of aromatic nitrogens is 5. The van der Waals surface area contributed by atoms with Crippen molar-refractivity contribution in [1.29, 1.82) is 0 Å². The smallest absolute Gasteiger partial charge is 0.433 e. The van der Waals surface area contributed by atoms with E-state index in [1.54, 1.807) is 25.2 Å². The van der Waals surface area contributed by atoms with Crippen LogP contribution < -0.4 is 14.4 Å². The Bertz CT molecular complexity index is 1550. The van der Waals surface area contributed by atoms with Crippen LogP contribution in [0.3, 0.4) is 0 Å². The number of halogens is 3. The number of aryl methyl sites for hydroxylation is 1. The summed E-state index contributed by atoms with van der Waals surface area (Å²) in [5.74, 6) is 0.495. The molecule has 0 amide bonds. The summed E-state index contributed by atoms with van der Waals surface area (Å²) in [5, 5.41) is 14.9. The van der Waals surface area contributed by atoms with Crippen molar-refractivity contribution >= 4 is 27.2 Å². The Hall–Kier alpha value is -4.20. The second-order valence-corrected chi connectivity index (χ2v) is 9.68. The van der Waals surface area contributed by atoms with Gasteiger partial charge in [-0.05, 0) is 47.7 Å².